The van der Waals surface area contributed by atoms with E-state index >= 15 is 0 Å². The summed E-state index contributed by atoms with van der Waals surface area (Å²) in [5.74, 6) is 0.608. The number of ether oxygens (including phenoxy) is 2. The molecule has 134 valence electrons. The van der Waals surface area contributed by atoms with E-state index < -0.39 is 11.7 Å². The summed E-state index contributed by atoms with van der Waals surface area (Å²) in [4.78, 5) is 0. The number of nitrogens with one attached hydrogen (secondary N) is 1. The number of halogens is 3. The van der Waals surface area contributed by atoms with Gasteiger partial charge in [0, 0.05) is 12.1 Å². The fourth-order valence-corrected chi connectivity index (χ4v) is 3.60. The van der Waals surface area contributed by atoms with Crippen LogP contribution in [0.3, 0.4) is 0 Å². The largest absolute Gasteiger partial charge is 0.490 e. The predicted octanol–water partition coefficient (Wildman–Crippen LogP) is 4.55. The minimum Gasteiger partial charge on any atom is -0.490 e. The highest BCUT2D eigenvalue weighted by Crippen LogP contribution is 2.38. The van der Waals surface area contributed by atoms with Crippen LogP contribution in [0.25, 0.3) is 0 Å². The minimum atomic E-state index is -4.38. The summed E-state index contributed by atoms with van der Waals surface area (Å²) in [5, 5.41) is 3.59. The van der Waals surface area contributed by atoms with Crippen molar-refractivity contribution in [1.82, 2.24) is 5.32 Å². The molecule has 1 unspecified atom stereocenters. The summed E-state index contributed by atoms with van der Waals surface area (Å²) >= 11 is 0. The first-order valence-electron chi connectivity index (χ1n) is 8.72. The van der Waals surface area contributed by atoms with Crippen LogP contribution in [0.1, 0.15) is 51.0 Å². The van der Waals surface area contributed by atoms with Crippen LogP contribution < -0.4 is 14.8 Å². The number of alkyl halides is 3. The van der Waals surface area contributed by atoms with E-state index in [1.54, 1.807) is 0 Å². The average molecular weight is 343 g/mol. The Balaban J connectivity index is 1.76. The van der Waals surface area contributed by atoms with E-state index in [4.69, 9.17) is 9.47 Å². The highest BCUT2D eigenvalue weighted by Gasteiger charge is 2.34. The highest BCUT2D eigenvalue weighted by atomic mass is 19.4. The number of rotatable bonds is 5. The van der Waals surface area contributed by atoms with E-state index in [9.17, 15) is 13.2 Å². The minimum absolute atomic E-state index is 0.0299. The number of piperidine rings is 2. The molecule has 3 nitrogen and oxygen atoms in total. The molecule has 0 saturated carbocycles. The maximum atomic E-state index is 12.9. The summed E-state index contributed by atoms with van der Waals surface area (Å²) < 4.78 is 50.4. The Bertz CT molecular complexity index is 550. The van der Waals surface area contributed by atoms with Crippen molar-refractivity contribution in [2.75, 3.05) is 6.61 Å². The lowest BCUT2D eigenvalue weighted by molar-refractivity contribution is -0.137. The number of hydrogen-bond acceptors (Lipinski definition) is 3. The van der Waals surface area contributed by atoms with Gasteiger partial charge in [0.05, 0.1) is 12.2 Å². The van der Waals surface area contributed by atoms with E-state index in [1.807, 2.05) is 6.92 Å². The number of fused-ring (bicyclic) bond motifs is 2. The second-order valence-electron chi connectivity index (χ2n) is 6.71. The first kappa shape index (κ1) is 17.4. The van der Waals surface area contributed by atoms with Gasteiger partial charge in [-0.2, -0.15) is 13.2 Å². The van der Waals surface area contributed by atoms with Crippen molar-refractivity contribution in [2.45, 2.75) is 69.8 Å². The molecule has 0 aliphatic carbocycles. The van der Waals surface area contributed by atoms with Crippen molar-refractivity contribution < 1.29 is 22.6 Å². The molecule has 3 atom stereocenters. The van der Waals surface area contributed by atoms with Gasteiger partial charge in [-0.05, 0) is 50.3 Å². The van der Waals surface area contributed by atoms with Crippen LogP contribution in [0.5, 0.6) is 11.5 Å². The zero-order chi connectivity index (χ0) is 17.2. The number of hydrogen-bond donors (Lipinski definition) is 1. The first-order valence-corrected chi connectivity index (χ1v) is 8.72. The molecule has 2 fully saturated rings. The molecule has 2 heterocycles. The molecule has 0 radical (unpaired) electrons. The molecule has 24 heavy (non-hydrogen) atoms. The fraction of sp³-hybridized carbons (Fsp3) is 0.667. The molecule has 0 aromatic heterocycles. The average Bonchev–Trinajstić information content (AvgIpc) is 2.52. The maximum absolute atomic E-state index is 12.9. The van der Waals surface area contributed by atoms with E-state index in [0.717, 1.165) is 44.2 Å². The van der Waals surface area contributed by atoms with E-state index in [-0.39, 0.29) is 11.9 Å². The SMILES string of the molecule is CCCOc1cc(C(F)(F)F)ccc1OC1C[C@H]2CCC[C@@H](C1)N2. The predicted molar refractivity (Wildman–Crippen MR) is 85.4 cm³/mol. The molecule has 1 aromatic rings. The molecule has 2 bridgehead atoms. The molecule has 6 heteroatoms. The Kier molecular flexibility index (Phi) is 5.23. The topological polar surface area (TPSA) is 30.5 Å². The molecule has 2 aliphatic heterocycles. The quantitative estimate of drug-likeness (QED) is 0.851. The molecule has 1 aromatic carbocycles. The van der Waals surface area contributed by atoms with Gasteiger partial charge in [0.1, 0.15) is 6.10 Å². The molecule has 0 amide bonds. The van der Waals surface area contributed by atoms with Gasteiger partial charge >= 0.3 is 6.18 Å². The second-order valence-corrected chi connectivity index (χ2v) is 6.71. The van der Waals surface area contributed by atoms with E-state index in [2.05, 4.69) is 5.32 Å². The molecule has 2 saturated heterocycles. The lowest BCUT2D eigenvalue weighted by Gasteiger charge is -2.40. The van der Waals surface area contributed by atoms with Gasteiger partial charge in [0.2, 0.25) is 0 Å². The molecule has 3 rings (SSSR count). The van der Waals surface area contributed by atoms with Gasteiger partial charge in [-0.1, -0.05) is 13.3 Å². The third-order valence-corrected chi connectivity index (χ3v) is 4.70. The Morgan fingerprint density at radius 2 is 1.83 bits per heavy atom. The molecular formula is C18H24F3NO2. The normalized spacial score (nSPS) is 26.9. The summed E-state index contributed by atoms with van der Waals surface area (Å²) in [5.41, 5.74) is -0.705. The highest BCUT2D eigenvalue weighted by molar-refractivity contribution is 5.44. The van der Waals surface area contributed by atoms with Crippen molar-refractivity contribution in [2.24, 2.45) is 0 Å². The standard InChI is InChI=1S/C18H24F3NO2/c1-2-8-23-17-9-12(18(19,20)21)6-7-16(17)24-15-10-13-4-3-5-14(11-15)22-13/h6-7,9,13-15,22H,2-5,8,10-11H2,1H3/t13-,14+,15?. The van der Waals surface area contributed by atoms with Crippen LogP contribution in [0.15, 0.2) is 18.2 Å². The summed E-state index contributed by atoms with van der Waals surface area (Å²) in [6.07, 6.45) is 1.69. The Labute approximate surface area is 140 Å². The van der Waals surface area contributed by atoms with Crippen molar-refractivity contribution in [3.05, 3.63) is 23.8 Å². The van der Waals surface area contributed by atoms with Gasteiger partial charge in [-0.25, -0.2) is 0 Å². The zero-order valence-electron chi connectivity index (χ0n) is 13.9. The van der Waals surface area contributed by atoms with Gasteiger partial charge in [-0.15, -0.1) is 0 Å². The van der Waals surface area contributed by atoms with Gasteiger partial charge in [0.15, 0.2) is 11.5 Å². The van der Waals surface area contributed by atoms with Crippen LogP contribution in [0, 0.1) is 0 Å². The van der Waals surface area contributed by atoms with E-state index in [0.29, 0.717) is 24.4 Å². The van der Waals surface area contributed by atoms with Crippen LogP contribution in [-0.2, 0) is 6.18 Å². The second kappa shape index (κ2) is 7.21. The van der Waals surface area contributed by atoms with Crippen molar-refractivity contribution in [3.8, 4) is 11.5 Å². The number of benzene rings is 1. The molecule has 2 aliphatic rings. The fourth-order valence-electron chi connectivity index (χ4n) is 3.60. The molecule has 0 spiro atoms. The summed E-state index contributed by atoms with van der Waals surface area (Å²) in [6, 6.07) is 4.42. The Morgan fingerprint density at radius 1 is 1.12 bits per heavy atom. The van der Waals surface area contributed by atoms with Crippen LogP contribution >= 0.6 is 0 Å². The van der Waals surface area contributed by atoms with Gasteiger partial charge in [-0.3, -0.25) is 0 Å². The van der Waals surface area contributed by atoms with Crippen LogP contribution in [0.4, 0.5) is 13.2 Å². The van der Waals surface area contributed by atoms with E-state index in [1.165, 1.54) is 12.5 Å². The first-order chi connectivity index (χ1) is 11.5. The van der Waals surface area contributed by atoms with Gasteiger partial charge in [0.25, 0.3) is 0 Å². The van der Waals surface area contributed by atoms with Crippen LogP contribution in [0.2, 0.25) is 0 Å². The Hall–Kier alpha value is -1.43. The molecule has 1 N–H and O–H groups in total. The van der Waals surface area contributed by atoms with Crippen LogP contribution in [-0.4, -0.2) is 24.8 Å². The lowest BCUT2D eigenvalue weighted by atomic mass is 9.85. The Morgan fingerprint density at radius 3 is 2.46 bits per heavy atom. The maximum Gasteiger partial charge on any atom is 0.416 e. The third kappa shape index (κ3) is 4.15. The zero-order valence-corrected chi connectivity index (χ0v) is 13.9. The molecular weight excluding hydrogens is 319 g/mol. The summed E-state index contributed by atoms with van der Waals surface area (Å²) in [7, 11) is 0. The lowest BCUT2D eigenvalue weighted by Crippen LogP contribution is -2.51. The van der Waals surface area contributed by atoms with Crippen molar-refractivity contribution in [3.63, 3.8) is 0 Å². The van der Waals surface area contributed by atoms with Crippen molar-refractivity contribution >= 4 is 0 Å². The third-order valence-electron chi connectivity index (χ3n) is 4.70. The summed E-state index contributed by atoms with van der Waals surface area (Å²) in [6.45, 7) is 2.29. The van der Waals surface area contributed by atoms with Crippen molar-refractivity contribution in [1.29, 1.82) is 0 Å². The smallest absolute Gasteiger partial charge is 0.416 e. The van der Waals surface area contributed by atoms with Gasteiger partial charge < -0.3 is 14.8 Å². The monoisotopic (exact) mass is 343 g/mol.